The molecule has 1 saturated heterocycles. The van der Waals surface area contributed by atoms with Gasteiger partial charge in [-0.25, -0.2) is 0 Å². The van der Waals surface area contributed by atoms with Crippen molar-refractivity contribution in [1.29, 1.82) is 0 Å². The smallest absolute Gasteiger partial charge is 0.250 e. The van der Waals surface area contributed by atoms with Crippen LogP contribution in [-0.2, 0) is 15.1 Å². The van der Waals surface area contributed by atoms with Gasteiger partial charge in [0.25, 0.3) is 5.91 Å². The quantitative estimate of drug-likeness (QED) is 0.586. The van der Waals surface area contributed by atoms with Gasteiger partial charge in [-0.05, 0) is 52.0 Å². The topological polar surface area (TPSA) is 71.5 Å². The molecule has 0 radical (unpaired) electrons. The number of hydrogen-bond acceptors (Lipinski definition) is 7. The summed E-state index contributed by atoms with van der Waals surface area (Å²) in [6.07, 6.45) is 4.17. The van der Waals surface area contributed by atoms with Crippen molar-refractivity contribution in [3.63, 3.8) is 0 Å². The van der Waals surface area contributed by atoms with Crippen molar-refractivity contribution in [2.75, 3.05) is 79.8 Å². The largest absolute Gasteiger partial charge is 0.358 e. The maximum Gasteiger partial charge on any atom is 0.250 e. The number of likely N-dealkylation sites (N-methyl/N-ethyl adjacent to an activating group) is 1. The number of thioether (sulfide) groups is 1. The Balaban J connectivity index is 2.00. The molecule has 0 spiro atoms. The Morgan fingerprint density at radius 1 is 1.09 bits per heavy atom. The Bertz CT molecular complexity index is 857. The molecule has 1 N–H and O–H groups in total. The van der Waals surface area contributed by atoms with E-state index in [0.29, 0.717) is 25.3 Å². The lowest BCUT2D eigenvalue weighted by molar-refractivity contribution is -0.148. The van der Waals surface area contributed by atoms with E-state index in [9.17, 15) is 9.59 Å². The zero-order valence-corrected chi connectivity index (χ0v) is 22.6. The van der Waals surface area contributed by atoms with Crippen LogP contribution in [0.1, 0.15) is 31.2 Å². The first-order valence-corrected chi connectivity index (χ1v) is 13.7. The van der Waals surface area contributed by atoms with Gasteiger partial charge in [0.2, 0.25) is 5.91 Å². The van der Waals surface area contributed by atoms with Crippen LogP contribution in [-0.4, -0.2) is 116 Å². The van der Waals surface area contributed by atoms with Crippen molar-refractivity contribution in [2.45, 2.75) is 31.2 Å². The predicted octanol–water partition coefficient (Wildman–Crippen LogP) is 1.93. The van der Waals surface area contributed by atoms with Gasteiger partial charge in [0, 0.05) is 46.0 Å². The van der Waals surface area contributed by atoms with Crippen molar-refractivity contribution in [3.05, 3.63) is 35.9 Å². The molecule has 0 saturated carbocycles. The molecular weight excluding hydrogens is 460 g/mol. The van der Waals surface area contributed by atoms with E-state index >= 15 is 0 Å². The van der Waals surface area contributed by atoms with Gasteiger partial charge < -0.3 is 24.9 Å². The van der Waals surface area contributed by atoms with E-state index in [-0.39, 0.29) is 18.4 Å². The number of piperidine rings is 1. The van der Waals surface area contributed by atoms with Crippen molar-refractivity contribution >= 4 is 28.7 Å². The van der Waals surface area contributed by atoms with E-state index in [1.54, 1.807) is 11.8 Å². The number of nitrogens with zero attached hydrogens (tertiary/aromatic N) is 5. The van der Waals surface area contributed by atoms with Gasteiger partial charge in [0.1, 0.15) is 12.1 Å². The number of rotatable bonds is 8. The van der Waals surface area contributed by atoms with Crippen molar-refractivity contribution in [1.82, 2.24) is 24.9 Å². The van der Waals surface area contributed by atoms with Gasteiger partial charge >= 0.3 is 0 Å². The molecule has 35 heavy (non-hydrogen) atoms. The Kier molecular flexibility index (Phi) is 10.4. The van der Waals surface area contributed by atoms with Crippen LogP contribution in [0.4, 0.5) is 0 Å². The van der Waals surface area contributed by atoms with Crippen LogP contribution in [0.5, 0.6) is 0 Å². The fraction of sp³-hybridized carbons (Fsp3) is 0.654. The van der Waals surface area contributed by atoms with Crippen LogP contribution in [0.25, 0.3) is 0 Å². The van der Waals surface area contributed by atoms with Crippen LogP contribution in [0, 0.1) is 0 Å². The lowest BCUT2D eigenvalue weighted by Crippen LogP contribution is -2.61. The molecule has 0 aromatic heterocycles. The number of amidine groups is 1. The normalized spacial score (nSPS) is 22.3. The maximum absolute atomic E-state index is 14.1. The minimum atomic E-state index is -1.08. The molecule has 1 unspecified atom stereocenters. The first-order valence-electron chi connectivity index (χ1n) is 12.7. The van der Waals surface area contributed by atoms with E-state index < -0.39 is 5.54 Å². The minimum Gasteiger partial charge on any atom is -0.358 e. The highest BCUT2D eigenvalue weighted by molar-refractivity contribution is 8.13. The van der Waals surface area contributed by atoms with Crippen LogP contribution in [0.2, 0.25) is 0 Å². The second kappa shape index (κ2) is 13.3. The molecule has 8 nitrogen and oxygen atoms in total. The van der Waals surface area contributed by atoms with Crippen molar-refractivity contribution < 1.29 is 9.59 Å². The molecule has 2 aliphatic heterocycles. The summed E-state index contributed by atoms with van der Waals surface area (Å²) in [6, 6.07) is 9.85. The van der Waals surface area contributed by atoms with E-state index in [1.807, 2.05) is 73.2 Å². The number of aliphatic imine (C=N–C) groups is 1. The van der Waals surface area contributed by atoms with Gasteiger partial charge in [-0.1, -0.05) is 48.5 Å². The Hall–Kier alpha value is -2.10. The fourth-order valence-corrected chi connectivity index (χ4v) is 5.83. The summed E-state index contributed by atoms with van der Waals surface area (Å²) in [7, 11) is 7.87. The molecule has 0 aliphatic carbocycles. The third kappa shape index (κ3) is 7.21. The Labute approximate surface area is 215 Å². The maximum atomic E-state index is 14.1. The van der Waals surface area contributed by atoms with Crippen molar-refractivity contribution in [3.8, 4) is 0 Å². The average Bonchev–Trinajstić information content (AvgIpc) is 2.92. The first-order chi connectivity index (χ1) is 16.8. The third-order valence-electron chi connectivity index (χ3n) is 6.75. The average molecular weight is 503 g/mol. The molecule has 1 aromatic rings. The minimum absolute atomic E-state index is 0.0417. The summed E-state index contributed by atoms with van der Waals surface area (Å²) >= 11 is 1.61. The summed E-state index contributed by atoms with van der Waals surface area (Å²) in [5.41, 5.74) is -0.215. The summed E-state index contributed by atoms with van der Waals surface area (Å²) in [6.45, 7) is 4.68. The summed E-state index contributed by atoms with van der Waals surface area (Å²) in [4.78, 5) is 40.8. The Morgan fingerprint density at radius 3 is 2.46 bits per heavy atom. The van der Waals surface area contributed by atoms with E-state index in [0.717, 1.165) is 36.9 Å². The molecule has 1 fully saturated rings. The number of likely N-dealkylation sites (tertiary alicyclic amines) is 1. The van der Waals surface area contributed by atoms with Crippen LogP contribution in [0.3, 0.4) is 0 Å². The molecule has 9 heteroatoms. The van der Waals surface area contributed by atoms with E-state index in [2.05, 4.69) is 15.2 Å². The highest BCUT2D eigenvalue weighted by Gasteiger charge is 2.47. The van der Waals surface area contributed by atoms with E-state index in [1.165, 1.54) is 19.3 Å². The first kappa shape index (κ1) is 27.5. The number of nitrogens with one attached hydrogen (secondary N) is 1. The Morgan fingerprint density at radius 2 is 1.80 bits per heavy atom. The number of carbonyl (C=O) groups is 2. The van der Waals surface area contributed by atoms with Crippen molar-refractivity contribution in [2.24, 2.45) is 4.99 Å². The summed E-state index contributed by atoms with van der Waals surface area (Å²) < 4.78 is 0. The standard InChI is InChI=1S/C26H42N6O2S/c1-29(2)17-14-27-24(34)26(22-11-7-5-8-12-22)13-20-35-25(30(3)4)28-21-23(33)32(26)19-18-31-15-9-6-10-16-31/h5,7-8,11-12H,6,9-10,13-21H2,1-4H3,(H,27,34). The second-order valence-corrected chi connectivity index (χ2v) is 10.9. The molecule has 2 aliphatic rings. The molecular formula is C26H42N6O2S. The molecule has 3 rings (SSSR count). The summed E-state index contributed by atoms with van der Waals surface area (Å²) in [5.74, 6) is 0.474. The molecule has 1 aromatic carbocycles. The molecule has 1 atom stereocenters. The van der Waals surface area contributed by atoms with Gasteiger partial charge in [-0.3, -0.25) is 14.6 Å². The lowest BCUT2D eigenvalue weighted by Gasteiger charge is -2.44. The summed E-state index contributed by atoms with van der Waals surface area (Å²) in [5, 5.41) is 3.99. The van der Waals surface area contributed by atoms with E-state index in [4.69, 9.17) is 0 Å². The number of carbonyl (C=O) groups excluding carboxylic acids is 2. The van der Waals surface area contributed by atoms with Gasteiger partial charge in [0.05, 0.1) is 0 Å². The highest BCUT2D eigenvalue weighted by atomic mass is 32.2. The van der Waals surface area contributed by atoms with Gasteiger partial charge in [-0.15, -0.1) is 0 Å². The highest BCUT2D eigenvalue weighted by Crippen LogP contribution is 2.36. The monoisotopic (exact) mass is 502 g/mol. The van der Waals surface area contributed by atoms with Gasteiger partial charge in [-0.2, -0.15) is 0 Å². The molecule has 194 valence electrons. The SMILES string of the molecule is CN(C)CCNC(=O)C1(c2ccccc2)CCSC(N(C)C)=NCC(=O)N1CCN1CCCCC1. The van der Waals surface area contributed by atoms with Crippen LogP contribution >= 0.6 is 11.8 Å². The third-order valence-corrected chi connectivity index (χ3v) is 7.91. The zero-order valence-electron chi connectivity index (χ0n) is 21.8. The van der Waals surface area contributed by atoms with Gasteiger partial charge in [0.15, 0.2) is 5.17 Å². The fourth-order valence-electron chi connectivity index (χ4n) is 4.84. The molecule has 2 heterocycles. The predicted molar refractivity (Wildman–Crippen MR) is 145 cm³/mol. The molecule has 0 bridgehead atoms. The van der Waals surface area contributed by atoms with Crippen LogP contribution < -0.4 is 5.32 Å². The second-order valence-electron chi connectivity index (χ2n) is 9.82. The zero-order chi connectivity index (χ0) is 25.3. The molecule has 2 amide bonds. The number of benzene rings is 1. The number of amides is 2. The lowest BCUT2D eigenvalue weighted by atomic mass is 9.83. The number of hydrogen-bond donors (Lipinski definition) is 1. The van der Waals surface area contributed by atoms with Crippen LogP contribution in [0.15, 0.2) is 35.3 Å².